The van der Waals surface area contributed by atoms with Crippen LogP contribution in [-0.2, 0) is 23.7 Å². The predicted octanol–water partition coefficient (Wildman–Crippen LogP) is 4.85. The Morgan fingerprint density at radius 3 is 2.50 bits per heavy atom. The molecule has 6 nitrogen and oxygen atoms in total. The van der Waals surface area contributed by atoms with E-state index in [-0.39, 0.29) is 23.7 Å². The SMILES string of the molecule is COCOC1CCC2C3C(CCC(=O)O)CC4CC5(CCC4(C)C3CCC12C)OCCO5. The molecule has 1 spiro atoms. The monoisotopic (exact) mass is 450 g/mol. The minimum absolute atomic E-state index is 0.179. The maximum Gasteiger partial charge on any atom is 0.303 e. The molecule has 0 amide bonds. The van der Waals surface area contributed by atoms with Crippen LogP contribution in [0.5, 0.6) is 0 Å². The van der Waals surface area contributed by atoms with Gasteiger partial charge in [0.1, 0.15) is 6.79 Å². The smallest absolute Gasteiger partial charge is 0.303 e. The summed E-state index contributed by atoms with van der Waals surface area (Å²) in [5.41, 5.74) is 0.482. The highest BCUT2D eigenvalue weighted by atomic mass is 16.7. The van der Waals surface area contributed by atoms with Gasteiger partial charge in [0.2, 0.25) is 0 Å². The summed E-state index contributed by atoms with van der Waals surface area (Å²) < 4.78 is 23.7. The number of carbonyl (C=O) groups is 1. The molecular formula is C26H42O6. The maximum atomic E-state index is 11.5. The van der Waals surface area contributed by atoms with Gasteiger partial charge in [0.15, 0.2) is 5.79 Å². The van der Waals surface area contributed by atoms with Gasteiger partial charge in [-0.1, -0.05) is 13.8 Å². The largest absolute Gasteiger partial charge is 0.481 e. The van der Waals surface area contributed by atoms with Crippen LogP contribution in [-0.4, -0.2) is 50.1 Å². The molecule has 8 atom stereocenters. The van der Waals surface area contributed by atoms with Gasteiger partial charge in [0.05, 0.1) is 19.3 Å². The molecule has 1 N–H and O–H groups in total. The number of aliphatic carboxylic acids is 1. The standard InChI is InChI=1S/C26H42O6/c1-24-10-11-26(31-12-13-32-26)15-18(24)14-17(4-7-22(27)28)23-19-5-6-21(30-16-29-3)25(19,2)9-8-20(23)24/h17-21,23H,4-16H2,1-3H3,(H,27,28). The van der Waals surface area contributed by atoms with E-state index in [4.69, 9.17) is 18.9 Å². The van der Waals surface area contributed by atoms with E-state index in [1.165, 1.54) is 19.3 Å². The van der Waals surface area contributed by atoms with Crippen molar-refractivity contribution in [1.82, 2.24) is 0 Å². The van der Waals surface area contributed by atoms with Crippen LogP contribution in [0.4, 0.5) is 0 Å². The summed E-state index contributed by atoms with van der Waals surface area (Å²) in [5.74, 6) is 1.88. The molecule has 0 bridgehead atoms. The number of methoxy groups -OCH3 is 1. The molecule has 0 aromatic heterocycles. The first-order valence-corrected chi connectivity index (χ1v) is 12.9. The van der Waals surface area contributed by atoms with E-state index < -0.39 is 5.97 Å². The summed E-state index contributed by atoms with van der Waals surface area (Å²) >= 11 is 0. The second-order valence-electron chi connectivity index (χ2n) is 11.9. The first-order chi connectivity index (χ1) is 15.3. The fraction of sp³-hybridized carbons (Fsp3) is 0.962. The zero-order chi connectivity index (χ0) is 22.6. The van der Waals surface area contributed by atoms with Crippen molar-refractivity contribution >= 4 is 5.97 Å². The Bertz CT molecular complexity index is 704. The molecule has 0 aromatic carbocycles. The topological polar surface area (TPSA) is 74.2 Å². The third-order valence-corrected chi connectivity index (χ3v) is 10.7. The molecule has 1 aliphatic heterocycles. The van der Waals surface area contributed by atoms with Gasteiger partial charge in [0.25, 0.3) is 0 Å². The minimum Gasteiger partial charge on any atom is -0.481 e. The van der Waals surface area contributed by atoms with E-state index in [0.717, 1.165) is 38.5 Å². The van der Waals surface area contributed by atoms with Crippen LogP contribution < -0.4 is 0 Å². The van der Waals surface area contributed by atoms with Crippen LogP contribution in [0.1, 0.15) is 78.1 Å². The highest BCUT2D eigenvalue weighted by Gasteiger charge is 2.64. The van der Waals surface area contributed by atoms with E-state index in [0.29, 0.717) is 55.0 Å². The van der Waals surface area contributed by atoms with Gasteiger partial charge in [-0.15, -0.1) is 0 Å². The van der Waals surface area contributed by atoms with Crippen molar-refractivity contribution in [2.75, 3.05) is 27.1 Å². The van der Waals surface area contributed by atoms with E-state index in [1.807, 2.05) is 0 Å². The summed E-state index contributed by atoms with van der Waals surface area (Å²) in [6.07, 6.45) is 10.4. The van der Waals surface area contributed by atoms with Gasteiger partial charge < -0.3 is 24.1 Å². The first-order valence-electron chi connectivity index (χ1n) is 12.9. The van der Waals surface area contributed by atoms with E-state index in [9.17, 15) is 9.90 Å². The highest BCUT2D eigenvalue weighted by molar-refractivity contribution is 5.66. The van der Waals surface area contributed by atoms with E-state index in [1.54, 1.807) is 7.11 Å². The maximum absolute atomic E-state index is 11.5. The molecule has 1 heterocycles. The van der Waals surface area contributed by atoms with Gasteiger partial charge in [0, 0.05) is 26.4 Å². The van der Waals surface area contributed by atoms with Gasteiger partial charge in [-0.2, -0.15) is 0 Å². The third-order valence-electron chi connectivity index (χ3n) is 10.7. The molecule has 4 aliphatic carbocycles. The Morgan fingerprint density at radius 1 is 1.03 bits per heavy atom. The highest BCUT2D eigenvalue weighted by Crippen LogP contribution is 2.69. The number of ether oxygens (including phenoxy) is 4. The Balaban J connectivity index is 1.43. The van der Waals surface area contributed by atoms with Crippen LogP contribution in [0.3, 0.4) is 0 Å². The van der Waals surface area contributed by atoms with Crippen LogP contribution >= 0.6 is 0 Å². The number of carboxylic acid groups (broad SMARTS) is 1. The lowest BCUT2D eigenvalue weighted by atomic mass is 9.42. The van der Waals surface area contributed by atoms with Crippen LogP contribution in [0, 0.1) is 40.4 Å². The molecule has 32 heavy (non-hydrogen) atoms. The molecule has 4 saturated carbocycles. The summed E-state index contributed by atoms with van der Waals surface area (Å²) in [5, 5.41) is 9.49. The van der Waals surface area contributed by atoms with Gasteiger partial charge in [-0.05, 0) is 85.4 Å². The lowest BCUT2D eigenvalue weighted by molar-refractivity contribution is -0.239. The van der Waals surface area contributed by atoms with Crippen molar-refractivity contribution in [2.45, 2.75) is 89.9 Å². The molecule has 0 radical (unpaired) electrons. The fourth-order valence-electron chi connectivity index (χ4n) is 9.11. The molecular weight excluding hydrogens is 408 g/mol. The molecule has 8 unspecified atom stereocenters. The Morgan fingerprint density at radius 2 is 1.78 bits per heavy atom. The van der Waals surface area contributed by atoms with Crippen LogP contribution in [0.2, 0.25) is 0 Å². The van der Waals surface area contributed by atoms with Crippen LogP contribution in [0.25, 0.3) is 0 Å². The number of fused-ring (bicyclic) bond motifs is 5. The van der Waals surface area contributed by atoms with Crippen molar-refractivity contribution in [1.29, 1.82) is 0 Å². The molecule has 6 heteroatoms. The Kier molecular flexibility index (Phi) is 6.14. The molecule has 182 valence electrons. The van der Waals surface area contributed by atoms with Crippen molar-refractivity contribution < 1.29 is 28.8 Å². The van der Waals surface area contributed by atoms with Crippen molar-refractivity contribution in [3.8, 4) is 0 Å². The number of hydrogen-bond acceptors (Lipinski definition) is 5. The molecule has 5 rings (SSSR count). The summed E-state index contributed by atoms with van der Waals surface area (Å²) in [6, 6.07) is 0. The van der Waals surface area contributed by atoms with Crippen molar-refractivity contribution in [2.24, 2.45) is 40.4 Å². The molecule has 5 aliphatic rings. The average Bonchev–Trinajstić information content (AvgIpc) is 3.35. The zero-order valence-electron chi connectivity index (χ0n) is 20.1. The molecule has 1 saturated heterocycles. The number of rotatable bonds is 6. The summed E-state index contributed by atoms with van der Waals surface area (Å²) in [7, 11) is 1.70. The summed E-state index contributed by atoms with van der Waals surface area (Å²) in [4.78, 5) is 11.5. The van der Waals surface area contributed by atoms with E-state index in [2.05, 4.69) is 13.8 Å². The quantitative estimate of drug-likeness (QED) is 0.583. The molecule has 5 fully saturated rings. The second kappa shape index (κ2) is 8.51. The van der Waals surface area contributed by atoms with Crippen molar-refractivity contribution in [3.63, 3.8) is 0 Å². The number of carboxylic acids is 1. The number of hydrogen-bond donors (Lipinski definition) is 1. The van der Waals surface area contributed by atoms with E-state index >= 15 is 0 Å². The van der Waals surface area contributed by atoms with Crippen LogP contribution in [0.15, 0.2) is 0 Å². The first kappa shape index (κ1) is 23.1. The van der Waals surface area contributed by atoms with Gasteiger partial charge >= 0.3 is 5.97 Å². The average molecular weight is 451 g/mol. The lowest BCUT2D eigenvalue weighted by Crippen LogP contribution is -2.59. The minimum atomic E-state index is -0.663. The Labute approximate surface area is 192 Å². The normalized spacial score (nSPS) is 47.1. The summed E-state index contributed by atoms with van der Waals surface area (Å²) in [6.45, 7) is 6.77. The zero-order valence-corrected chi connectivity index (χ0v) is 20.1. The fourth-order valence-corrected chi connectivity index (χ4v) is 9.11. The van der Waals surface area contributed by atoms with Gasteiger partial charge in [-0.25, -0.2) is 0 Å². The predicted molar refractivity (Wildman–Crippen MR) is 119 cm³/mol. The van der Waals surface area contributed by atoms with Crippen molar-refractivity contribution in [3.05, 3.63) is 0 Å². The Hall–Kier alpha value is -0.690. The second-order valence-corrected chi connectivity index (χ2v) is 11.9. The van der Waals surface area contributed by atoms with Gasteiger partial charge in [-0.3, -0.25) is 4.79 Å². The lowest BCUT2D eigenvalue weighted by Gasteiger charge is -2.64. The molecule has 0 aromatic rings. The third kappa shape index (κ3) is 3.64.